The van der Waals surface area contributed by atoms with Gasteiger partial charge in [-0.05, 0) is 6.92 Å². The fourth-order valence-corrected chi connectivity index (χ4v) is 0.433. The van der Waals surface area contributed by atoms with Crippen molar-refractivity contribution in [3.63, 3.8) is 0 Å². The van der Waals surface area contributed by atoms with Crippen LogP contribution in [0.15, 0.2) is 6.20 Å². The van der Waals surface area contributed by atoms with Gasteiger partial charge in [0.25, 0.3) is 0 Å². The fraction of sp³-hybridized carbons (Fsp3) is 0.250. The quantitative estimate of drug-likeness (QED) is 0.489. The number of nitrogens with one attached hydrogen (secondary N) is 1. The fourth-order valence-electron chi connectivity index (χ4n) is 0.433. The molecule has 3 N–H and O–H groups in total. The van der Waals surface area contributed by atoms with E-state index in [4.69, 9.17) is 5.73 Å². The second-order valence-corrected chi connectivity index (χ2v) is 1.45. The van der Waals surface area contributed by atoms with Crippen LogP contribution in [0.2, 0.25) is 0 Å². The molecule has 0 atom stereocenters. The van der Waals surface area contributed by atoms with Crippen LogP contribution in [0.25, 0.3) is 0 Å². The maximum atomic E-state index is 5.21. The Morgan fingerprint density at radius 3 is 2.71 bits per heavy atom. The van der Waals surface area contributed by atoms with Gasteiger partial charge in [0.15, 0.2) is 5.95 Å². The van der Waals surface area contributed by atoms with Crippen LogP contribution in [0.3, 0.4) is 0 Å². The number of hydrogen-bond acceptors (Lipinski definition) is 2. The average Bonchev–Trinajstić information content (AvgIpc) is 1.87. The van der Waals surface area contributed by atoms with Crippen molar-refractivity contribution in [1.29, 1.82) is 0 Å². The molecule has 0 saturated carbocycles. The summed E-state index contributed by atoms with van der Waals surface area (Å²) in [5.74, 6) is 0.484. The summed E-state index contributed by atoms with van der Waals surface area (Å²) in [7, 11) is 0. The number of rotatable bonds is 0. The number of aryl methyl sites for hydroxylation is 1. The van der Waals surface area contributed by atoms with Crippen molar-refractivity contribution < 1.29 is 0 Å². The molecule has 0 amide bonds. The molecule has 0 fully saturated rings. The third-order valence-electron chi connectivity index (χ3n) is 0.723. The molecule has 7 heavy (non-hydrogen) atoms. The van der Waals surface area contributed by atoms with Gasteiger partial charge in [-0.2, -0.15) is 0 Å². The first kappa shape index (κ1) is 4.18. The Morgan fingerprint density at radius 1 is 1.86 bits per heavy atom. The first-order valence-electron chi connectivity index (χ1n) is 2.06. The van der Waals surface area contributed by atoms with Crippen molar-refractivity contribution in [2.24, 2.45) is 0 Å². The molecule has 1 heterocycles. The van der Waals surface area contributed by atoms with Crippen LogP contribution >= 0.6 is 0 Å². The molecule has 0 aromatic carbocycles. The minimum atomic E-state index is 0.484. The van der Waals surface area contributed by atoms with E-state index in [9.17, 15) is 0 Å². The van der Waals surface area contributed by atoms with Crippen molar-refractivity contribution >= 4 is 5.95 Å². The summed E-state index contributed by atoms with van der Waals surface area (Å²) in [6.45, 7) is 1.91. The molecule has 0 saturated heterocycles. The molecule has 1 aromatic rings. The van der Waals surface area contributed by atoms with Gasteiger partial charge in [0.1, 0.15) is 0 Å². The third-order valence-corrected chi connectivity index (χ3v) is 0.723. The van der Waals surface area contributed by atoms with Gasteiger partial charge >= 0.3 is 0 Å². The van der Waals surface area contributed by atoms with Crippen molar-refractivity contribution in [3.8, 4) is 0 Å². The van der Waals surface area contributed by atoms with E-state index in [1.165, 1.54) is 0 Å². The van der Waals surface area contributed by atoms with Crippen LogP contribution in [0.1, 0.15) is 5.69 Å². The van der Waals surface area contributed by atoms with E-state index in [1.54, 1.807) is 6.20 Å². The number of nitrogens with two attached hydrogens (primary N) is 1. The maximum absolute atomic E-state index is 5.21. The van der Waals surface area contributed by atoms with Crippen molar-refractivity contribution in [1.82, 2.24) is 9.97 Å². The third kappa shape index (κ3) is 0.707. The van der Waals surface area contributed by atoms with Gasteiger partial charge in [0, 0.05) is 11.9 Å². The number of anilines is 1. The number of H-pyrrole nitrogens is 1. The predicted octanol–water partition coefficient (Wildman–Crippen LogP) is 0.300. The SMILES string of the molecule is Cc1cnc(N)[nH]1. The molecule has 0 bridgehead atoms. The molecule has 0 aliphatic carbocycles. The first-order valence-corrected chi connectivity index (χ1v) is 2.06. The van der Waals surface area contributed by atoms with Gasteiger partial charge in [-0.15, -0.1) is 0 Å². The molecule has 1 aromatic heterocycles. The van der Waals surface area contributed by atoms with Crippen LogP contribution in [-0.2, 0) is 0 Å². The Kier molecular flexibility index (Phi) is 0.749. The summed E-state index contributed by atoms with van der Waals surface area (Å²) >= 11 is 0. The predicted molar refractivity (Wildman–Crippen MR) is 27.7 cm³/mol. The summed E-state index contributed by atoms with van der Waals surface area (Å²) in [5, 5.41) is 0. The zero-order chi connectivity index (χ0) is 5.28. The number of aromatic amines is 1. The normalized spacial score (nSPS) is 9.29. The summed E-state index contributed by atoms with van der Waals surface area (Å²) < 4.78 is 0. The highest BCUT2D eigenvalue weighted by atomic mass is 15.0. The van der Waals surface area contributed by atoms with E-state index in [1.807, 2.05) is 6.92 Å². The maximum Gasteiger partial charge on any atom is 0.197 e. The molecule has 0 radical (unpaired) electrons. The smallest absolute Gasteiger partial charge is 0.197 e. The molecule has 1 rings (SSSR count). The van der Waals surface area contributed by atoms with E-state index >= 15 is 0 Å². The van der Waals surface area contributed by atoms with E-state index in [0.29, 0.717) is 5.95 Å². The van der Waals surface area contributed by atoms with Gasteiger partial charge in [-0.1, -0.05) is 0 Å². The molecule has 0 spiro atoms. The largest absolute Gasteiger partial charge is 0.369 e. The molecule has 0 unspecified atom stereocenters. The summed E-state index contributed by atoms with van der Waals surface area (Å²) in [6.07, 6.45) is 1.69. The standard InChI is InChI=1S/C4H7N3/c1-3-2-6-4(5)7-3/h2H,1H3,(H3,5,6,7). The van der Waals surface area contributed by atoms with Crippen LogP contribution in [0, 0.1) is 6.92 Å². The minimum absolute atomic E-state index is 0.484. The van der Waals surface area contributed by atoms with Crippen LogP contribution in [0.4, 0.5) is 5.95 Å². The lowest BCUT2D eigenvalue weighted by Crippen LogP contribution is -1.84. The molecule has 38 valence electrons. The molecule has 3 nitrogen and oxygen atoms in total. The Labute approximate surface area is 41.6 Å². The van der Waals surface area contributed by atoms with Crippen LogP contribution < -0.4 is 5.73 Å². The Hall–Kier alpha value is -0.990. The van der Waals surface area contributed by atoms with Crippen molar-refractivity contribution in [2.45, 2.75) is 6.92 Å². The average molecular weight is 97.1 g/mol. The number of hydrogen-bond donors (Lipinski definition) is 2. The van der Waals surface area contributed by atoms with Gasteiger partial charge in [-0.25, -0.2) is 4.98 Å². The summed E-state index contributed by atoms with van der Waals surface area (Å²) in [6, 6.07) is 0. The van der Waals surface area contributed by atoms with Gasteiger partial charge < -0.3 is 10.7 Å². The monoisotopic (exact) mass is 97.1 g/mol. The van der Waals surface area contributed by atoms with Gasteiger partial charge in [0.2, 0.25) is 0 Å². The zero-order valence-corrected chi connectivity index (χ0v) is 4.10. The second kappa shape index (κ2) is 1.26. The number of imidazole rings is 1. The molecule has 3 heteroatoms. The van der Waals surface area contributed by atoms with E-state index in [0.717, 1.165) is 5.69 Å². The van der Waals surface area contributed by atoms with E-state index in [2.05, 4.69) is 9.97 Å². The van der Waals surface area contributed by atoms with Gasteiger partial charge in [-0.3, -0.25) is 0 Å². The van der Waals surface area contributed by atoms with Crippen LogP contribution in [-0.4, -0.2) is 9.97 Å². The number of nitrogens with zero attached hydrogens (tertiary/aromatic N) is 1. The lowest BCUT2D eigenvalue weighted by Gasteiger charge is -1.75. The van der Waals surface area contributed by atoms with E-state index < -0.39 is 0 Å². The second-order valence-electron chi connectivity index (χ2n) is 1.45. The van der Waals surface area contributed by atoms with Crippen molar-refractivity contribution in [3.05, 3.63) is 11.9 Å². The van der Waals surface area contributed by atoms with E-state index in [-0.39, 0.29) is 0 Å². The zero-order valence-electron chi connectivity index (χ0n) is 4.10. The van der Waals surface area contributed by atoms with Crippen LogP contribution in [0.5, 0.6) is 0 Å². The summed E-state index contributed by atoms with van der Waals surface area (Å²) in [4.78, 5) is 6.54. The molecular weight excluding hydrogens is 90.1 g/mol. The Morgan fingerprint density at radius 2 is 2.57 bits per heavy atom. The molecular formula is C4H7N3. The number of aromatic nitrogens is 2. The molecule has 0 aliphatic heterocycles. The highest BCUT2D eigenvalue weighted by Gasteiger charge is 1.84. The highest BCUT2D eigenvalue weighted by molar-refractivity contribution is 5.16. The molecule has 0 aliphatic rings. The topological polar surface area (TPSA) is 54.7 Å². The lowest BCUT2D eigenvalue weighted by atomic mass is 10.6. The van der Waals surface area contributed by atoms with Crippen molar-refractivity contribution in [2.75, 3.05) is 5.73 Å². The first-order chi connectivity index (χ1) is 3.29. The Bertz CT molecular complexity index is 139. The lowest BCUT2D eigenvalue weighted by molar-refractivity contribution is 1.26. The minimum Gasteiger partial charge on any atom is -0.369 e. The number of nitrogen functional groups attached to an aromatic ring is 1. The highest BCUT2D eigenvalue weighted by Crippen LogP contribution is 1.92. The Balaban J connectivity index is 3.04. The summed E-state index contributed by atoms with van der Waals surface area (Å²) in [5.41, 5.74) is 6.21. The van der Waals surface area contributed by atoms with Gasteiger partial charge in [0.05, 0.1) is 0 Å².